The van der Waals surface area contributed by atoms with Gasteiger partial charge in [0, 0.05) is 25.7 Å². The maximum atomic E-state index is 13.0. The second-order valence-corrected chi connectivity index (χ2v) is 28.3. The van der Waals surface area contributed by atoms with E-state index in [9.17, 15) is 43.2 Å². The minimum absolute atomic E-state index is 0.101. The number of hydrogen-bond donors (Lipinski definition) is 3. The summed E-state index contributed by atoms with van der Waals surface area (Å²) in [5, 5.41) is 10.5. The van der Waals surface area contributed by atoms with Gasteiger partial charge in [0.2, 0.25) is 0 Å². The molecule has 3 unspecified atom stereocenters. The second-order valence-electron chi connectivity index (χ2n) is 25.4. The summed E-state index contributed by atoms with van der Waals surface area (Å²) in [5.74, 6) is 0.735. The number of rotatable bonds is 62. The van der Waals surface area contributed by atoms with Gasteiger partial charge in [0.25, 0.3) is 0 Å². The third-order valence-electron chi connectivity index (χ3n) is 14.8. The number of carbonyl (C=O) groups excluding carboxylic acids is 4. The summed E-state index contributed by atoms with van der Waals surface area (Å²) in [6.07, 6.45) is 35.1. The van der Waals surface area contributed by atoms with Crippen LogP contribution in [0.2, 0.25) is 0 Å². The quantitative estimate of drug-likeness (QED) is 0.0222. The number of unbranched alkanes of at least 4 members (excludes halogenated alkanes) is 28. The summed E-state index contributed by atoms with van der Waals surface area (Å²) in [7, 11) is -9.89. The molecule has 0 aromatic heterocycles. The predicted octanol–water partition coefficient (Wildman–Crippen LogP) is 17.8. The van der Waals surface area contributed by atoms with E-state index in [1.807, 2.05) is 0 Å². The Labute approximate surface area is 511 Å². The lowest BCUT2D eigenvalue weighted by Gasteiger charge is -2.21. The highest BCUT2D eigenvalue weighted by molar-refractivity contribution is 7.47. The Morgan fingerprint density at radius 1 is 0.298 bits per heavy atom. The van der Waals surface area contributed by atoms with Gasteiger partial charge in [0.05, 0.1) is 26.4 Å². The van der Waals surface area contributed by atoms with Gasteiger partial charge in [-0.05, 0) is 49.4 Å². The first-order chi connectivity index (χ1) is 40.1. The molecule has 0 saturated heterocycles. The average molecular weight is 1240 g/mol. The topological polar surface area (TPSA) is 237 Å². The highest BCUT2D eigenvalue weighted by Gasteiger charge is 2.30. The predicted molar refractivity (Wildman–Crippen MR) is 335 cm³/mol. The van der Waals surface area contributed by atoms with E-state index in [1.165, 1.54) is 116 Å². The van der Waals surface area contributed by atoms with Crippen molar-refractivity contribution in [2.24, 2.45) is 23.7 Å². The van der Waals surface area contributed by atoms with Crippen LogP contribution >= 0.6 is 15.6 Å². The first-order valence-electron chi connectivity index (χ1n) is 33.7. The molecule has 0 radical (unpaired) electrons. The molecule has 0 aliphatic rings. The number of carbonyl (C=O) groups is 4. The third-order valence-corrected chi connectivity index (χ3v) is 16.7. The largest absolute Gasteiger partial charge is 0.472 e. The van der Waals surface area contributed by atoms with E-state index in [1.54, 1.807) is 0 Å². The fourth-order valence-electron chi connectivity index (χ4n) is 9.61. The number of phosphoric acid groups is 2. The lowest BCUT2D eigenvalue weighted by atomic mass is 10.0. The lowest BCUT2D eigenvalue weighted by molar-refractivity contribution is -0.161. The number of phosphoric ester groups is 2. The summed E-state index contributed by atoms with van der Waals surface area (Å²) in [6, 6.07) is 0. The van der Waals surface area contributed by atoms with Crippen LogP contribution in [-0.2, 0) is 65.4 Å². The molecule has 0 aromatic carbocycles. The van der Waals surface area contributed by atoms with Crippen LogP contribution in [0, 0.1) is 23.7 Å². The Morgan fingerprint density at radius 2 is 0.500 bits per heavy atom. The Hall–Kier alpha value is -1.94. The van der Waals surface area contributed by atoms with E-state index in [-0.39, 0.29) is 25.7 Å². The number of esters is 4. The molecule has 0 aliphatic heterocycles. The van der Waals surface area contributed by atoms with Crippen LogP contribution in [-0.4, -0.2) is 96.7 Å². The second kappa shape index (κ2) is 55.2. The van der Waals surface area contributed by atoms with Gasteiger partial charge in [-0.1, -0.05) is 261 Å². The fourth-order valence-corrected chi connectivity index (χ4v) is 11.2. The van der Waals surface area contributed by atoms with E-state index >= 15 is 0 Å². The minimum atomic E-state index is -4.95. The van der Waals surface area contributed by atoms with E-state index in [0.717, 1.165) is 108 Å². The van der Waals surface area contributed by atoms with Crippen LogP contribution in [0.1, 0.15) is 312 Å². The van der Waals surface area contributed by atoms with Crippen molar-refractivity contribution in [3.05, 3.63) is 0 Å². The van der Waals surface area contributed by atoms with Crippen LogP contribution in [0.15, 0.2) is 0 Å². The highest BCUT2D eigenvalue weighted by atomic mass is 31.2. The van der Waals surface area contributed by atoms with Crippen molar-refractivity contribution >= 4 is 39.5 Å². The van der Waals surface area contributed by atoms with E-state index in [2.05, 4.69) is 55.4 Å². The van der Waals surface area contributed by atoms with E-state index in [4.69, 9.17) is 37.0 Å². The van der Waals surface area contributed by atoms with Crippen molar-refractivity contribution < 1.29 is 80.2 Å². The van der Waals surface area contributed by atoms with E-state index < -0.39 is 97.5 Å². The van der Waals surface area contributed by atoms with Crippen molar-refractivity contribution in [2.75, 3.05) is 39.6 Å². The maximum Gasteiger partial charge on any atom is 0.472 e. The number of aliphatic hydroxyl groups excluding tert-OH is 1. The van der Waals surface area contributed by atoms with Crippen LogP contribution in [0.4, 0.5) is 0 Å². The molecule has 0 aliphatic carbocycles. The van der Waals surface area contributed by atoms with Crippen molar-refractivity contribution in [1.29, 1.82) is 0 Å². The first kappa shape index (κ1) is 82.1. The molecular weight excluding hydrogens is 1110 g/mol. The molecular formula is C65H126O17P2. The molecule has 0 heterocycles. The zero-order valence-electron chi connectivity index (χ0n) is 54.5. The van der Waals surface area contributed by atoms with Gasteiger partial charge in [-0.2, -0.15) is 0 Å². The monoisotopic (exact) mass is 1240 g/mol. The van der Waals surface area contributed by atoms with Crippen molar-refractivity contribution in [2.45, 2.75) is 331 Å². The van der Waals surface area contributed by atoms with Gasteiger partial charge < -0.3 is 33.8 Å². The summed E-state index contributed by atoms with van der Waals surface area (Å²) < 4.78 is 68.0. The number of ether oxygens (including phenoxy) is 4. The van der Waals surface area contributed by atoms with Gasteiger partial charge in [0.1, 0.15) is 19.3 Å². The maximum absolute atomic E-state index is 13.0. The standard InChI is InChI=1S/C65H126O17P2/c1-55(2)41-33-25-17-11-9-13-20-29-37-45-62(67)75-52-61(82-65(70)48-40-32-24-23-28-36-44-58(7)8)54-80-84(73,74)78-50-59(66)49-77-83(71,72)79-53-60(51-76-63(68)46-38-30-21-16-15-19-27-35-43-57(5)6)81-64(69)47-39-31-22-14-10-12-18-26-34-42-56(3)4/h55-61,66H,9-54H2,1-8H3,(H,71,72)(H,73,74)/t59?,60-,61-/m1/s1. The molecule has 19 heteroatoms. The Balaban J connectivity index is 5.24. The number of aliphatic hydroxyl groups is 1. The molecule has 17 nitrogen and oxygen atoms in total. The van der Waals surface area contributed by atoms with Crippen LogP contribution in [0.25, 0.3) is 0 Å². The zero-order chi connectivity index (χ0) is 62.5. The third kappa shape index (κ3) is 59.0. The molecule has 0 amide bonds. The molecule has 5 atom stereocenters. The van der Waals surface area contributed by atoms with Crippen LogP contribution < -0.4 is 0 Å². The summed E-state index contributed by atoms with van der Waals surface area (Å²) in [6.45, 7) is 13.9. The van der Waals surface area contributed by atoms with Gasteiger partial charge in [-0.15, -0.1) is 0 Å². The van der Waals surface area contributed by atoms with Crippen LogP contribution in [0.3, 0.4) is 0 Å². The highest BCUT2D eigenvalue weighted by Crippen LogP contribution is 2.45. The van der Waals surface area contributed by atoms with Gasteiger partial charge >= 0.3 is 39.5 Å². The molecule has 0 saturated carbocycles. The van der Waals surface area contributed by atoms with Crippen molar-refractivity contribution in [3.8, 4) is 0 Å². The first-order valence-corrected chi connectivity index (χ1v) is 36.7. The molecule has 0 spiro atoms. The molecule has 0 aromatic rings. The SMILES string of the molecule is CC(C)CCCCCCCCCCCC(=O)OC[C@H](COP(=O)(O)OCC(O)COP(=O)(O)OC[C@@H](COC(=O)CCCCCCCCCCC(C)C)OC(=O)CCCCCCCCCCCC(C)C)OC(=O)CCCCCCCCC(C)C. The normalized spacial score (nSPS) is 14.4. The summed E-state index contributed by atoms with van der Waals surface area (Å²) in [5.41, 5.74) is 0. The van der Waals surface area contributed by atoms with Crippen molar-refractivity contribution in [3.63, 3.8) is 0 Å². The van der Waals surface area contributed by atoms with Crippen molar-refractivity contribution in [1.82, 2.24) is 0 Å². The molecule has 84 heavy (non-hydrogen) atoms. The molecule has 3 N–H and O–H groups in total. The molecule has 498 valence electrons. The fraction of sp³-hybridized carbons (Fsp3) is 0.938. The van der Waals surface area contributed by atoms with Gasteiger partial charge in [0.15, 0.2) is 12.2 Å². The Bertz CT molecular complexity index is 1680. The van der Waals surface area contributed by atoms with Gasteiger partial charge in [-0.3, -0.25) is 37.3 Å². The molecule has 0 rings (SSSR count). The smallest absolute Gasteiger partial charge is 0.462 e. The Morgan fingerprint density at radius 3 is 0.738 bits per heavy atom. The molecule has 0 bridgehead atoms. The zero-order valence-corrected chi connectivity index (χ0v) is 56.3. The summed E-state index contributed by atoms with van der Waals surface area (Å²) >= 11 is 0. The Kier molecular flexibility index (Phi) is 53.9. The number of hydrogen-bond acceptors (Lipinski definition) is 15. The lowest BCUT2D eigenvalue weighted by Crippen LogP contribution is -2.30. The average Bonchev–Trinajstić information content (AvgIpc) is 3.46. The minimum Gasteiger partial charge on any atom is -0.462 e. The molecule has 0 fully saturated rings. The van der Waals surface area contributed by atoms with E-state index in [0.29, 0.717) is 31.6 Å². The summed E-state index contributed by atoms with van der Waals surface area (Å²) in [4.78, 5) is 72.2. The van der Waals surface area contributed by atoms with Crippen LogP contribution in [0.5, 0.6) is 0 Å². The van der Waals surface area contributed by atoms with Gasteiger partial charge in [-0.25, -0.2) is 9.13 Å².